The van der Waals surface area contributed by atoms with E-state index in [1.807, 2.05) is 11.3 Å². The van der Waals surface area contributed by atoms with E-state index in [0.717, 1.165) is 19.6 Å². The van der Waals surface area contributed by atoms with Gasteiger partial charge in [0.2, 0.25) is 0 Å². The summed E-state index contributed by atoms with van der Waals surface area (Å²) in [6.07, 6.45) is 0. The van der Waals surface area contributed by atoms with Gasteiger partial charge in [0.05, 0.1) is 6.04 Å². The van der Waals surface area contributed by atoms with Crippen LogP contribution in [0.5, 0.6) is 0 Å². The van der Waals surface area contributed by atoms with E-state index in [2.05, 4.69) is 29.0 Å². The molecule has 1 aromatic rings. The number of hydrogen-bond acceptors (Lipinski definition) is 3. The minimum Gasteiger partial charge on any atom is -0.314 e. The molecule has 2 heterocycles. The van der Waals surface area contributed by atoms with Crippen LogP contribution >= 0.6 is 11.3 Å². The van der Waals surface area contributed by atoms with E-state index in [-0.39, 0.29) is 0 Å². The summed E-state index contributed by atoms with van der Waals surface area (Å²) in [5.74, 6) is 0. The lowest BCUT2D eigenvalue weighted by Gasteiger charge is -2.23. The van der Waals surface area contributed by atoms with Crippen molar-refractivity contribution < 1.29 is 0 Å². The quantitative estimate of drug-likeness (QED) is 0.684. The maximum absolute atomic E-state index is 3.50. The highest BCUT2D eigenvalue weighted by Gasteiger charge is 2.14. The SMILES string of the molecule is Cc1csc(C2CNCCN2)c1. The Bertz CT molecular complexity index is 251. The van der Waals surface area contributed by atoms with Crippen molar-refractivity contribution in [3.05, 3.63) is 21.9 Å². The lowest BCUT2D eigenvalue weighted by atomic mass is 10.2. The van der Waals surface area contributed by atoms with Crippen LogP contribution in [0.3, 0.4) is 0 Å². The van der Waals surface area contributed by atoms with Gasteiger partial charge in [-0.05, 0) is 23.9 Å². The molecule has 0 saturated carbocycles. The minimum atomic E-state index is 0.539. The topological polar surface area (TPSA) is 24.1 Å². The van der Waals surface area contributed by atoms with Crippen LogP contribution in [-0.4, -0.2) is 19.6 Å². The Balaban J connectivity index is 2.08. The third-order valence-electron chi connectivity index (χ3n) is 2.14. The van der Waals surface area contributed by atoms with Gasteiger partial charge in [-0.15, -0.1) is 11.3 Å². The van der Waals surface area contributed by atoms with Gasteiger partial charge >= 0.3 is 0 Å². The Kier molecular flexibility index (Phi) is 2.44. The van der Waals surface area contributed by atoms with Crippen molar-refractivity contribution in [3.8, 4) is 0 Å². The van der Waals surface area contributed by atoms with Gasteiger partial charge in [-0.25, -0.2) is 0 Å². The van der Waals surface area contributed by atoms with E-state index in [1.165, 1.54) is 10.4 Å². The molecule has 1 aliphatic heterocycles. The number of piperazine rings is 1. The third kappa shape index (κ3) is 1.68. The summed E-state index contributed by atoms with van der Waals surface area (Å²) in [5.41, 5.74) is 1.38. The molecule has 1 saturated heterocycles. The van der Waals surface area contributed by atoms with Gasteiger partial charge in [0.25, 0.3) is 0 Å². The molecule has 3 heteroatoms. The molecule has 66 valence electrons. The Morgan fingerprint density at radius 2 is 2.42 bits per heavy atom. The maximum Gasteiger partial charge on any atom is 0.0542 e. The highest BCUT2D eigenvalue weighted by Crippen LogP contribution is 2.21. The first-order chi connectivity index (χ1) is 5.86. The van der Waals surface area contributed by atoms with Crippen LogP contribution in [0.25, 0.3) is 0 Å². The minimum absolute atomic E-state index is 0.539. The van der Waals surface area contributed by atoms with Gasteiger partial charge in [-0.3, -0.25) is 0 Å². The summed E-state index contributed by atoms with van der Waals surface area (Å²) >= 11 is 1.85. The number of rotatable bonds is 1. The first-order valence-electron chi connectivity index (χ1n) is 4.35. The van der Waals surface area contributed by atoms with Gasteiger partial charge in [-0.2, -0.15) is 0 Å². The maximum atomic E-state index is 3.50. The molecule has 1 atom stereocenters. The Morgan fingerprint density at radius 1 is 1.50 bits per heavy atom. The van der Waals surface area contributed by atoms with Crippen LogP contribution < -0.4 is 10.6 Å². The fourth-order valence-corrected chi connectivity index (χ4v) is 2.47. The molecule has 2 rings (SSSR count). The van der Waals surface area contributed by atoms with Gasteiger partial charge in [-0.1, -0.05) is 0 Å². The smallest absolute Gasteiger partial charge is 0.0542 e. The Labute approximate surface area is 77.0 Å². The fraction of sp³-hybridized carbons (Fsp3) is 0.556. The number of hydrogen-bond donors (Lipinski definition) is 2. The van der Waals surface area contributed by atoms with Crippen molar-refractivity contribution in [1.29, 1.82) is 0 Å². The molecule has 2 nitrogen and oxygen atoms in total. The zero-order valence-electron chi connectivity index (χ0n) is 7.26. The molecule has 0 radical (unpaired) electrons. The molecular weight excluding hydrogens is 168 g/mol. The van der Waals surface area contributed by atoms with E-state index in [9.17, 15) is 0 Å². The zero-order valence-corrected chi connectivity index (χ0v) is 8.08. The molecule has 1 aliphatic rings. The number of aryl methyl sites for hydroxylation is 1. The lowest BCUT2D eigenvalue weighted by Crippen LogP contribution is -2.42. The summed E-state index contributed by atoms with van der Waals surface area (Å²) in [6.45, 7) is 5.40. The largest absolute Gasteiger partial charge is 0.314 e. The molecule has 12 heavy (non-hydrogen) atoms. The van der Waals surface area contributed by atoms with Gasteiger partial charge in [0.15, 0.2) is 0 Å². The molecule has 0 bridgehead atoms. The van der Waals surface area contributed by atoms with Crippen molar-refractivity contribution in [2.75, 3.05) is 19.6 Å². The first kappa shape index (κ1) is 8.23. The van der Waals surface area contributed by atoms with Crippen molar-refractivity contribution in [2.45, 2.75) is 13.0 Å². The number of thiophene rings is 1. The molecule has 0 aliphatic carbocycles. The molecule has 1 fully saturated rings. The summed E-state index contributed by atoms with van der Waals surface area (Å²) in [5, 5.41) is 9.10. The normalized spacial score (nSPS) is 24.2. The summed E-state index contributed by atoms with van der Waals surface area (Å²) in [6, 6.07) is 2.81. The first-order valence-corrected chi connectivity index (χ1v) is 5.23. The number of nitrogens with one attached hydrogen (secondary N) is 2. The van der Waals surface area contributed by atoms with Crippen molar-refractivity contribution in [1.82, 2.24) is 10.6 Å². The van der Waals surface area contributed by atoms with Crippen LogP contribution in [0.2, 0.25) is 0 Å². The Hall–Kier alpha value is -0.380. The second kappa shape index (κ2) is 3.56. The highest BCUT2D eigenvalue weighted by molar-refractivity contribution is 7.10. The molecule has 1 aromatic heterocycles. The van der Waals surface area contributed by atoms with Crippen molar-refractivity contribution in [2.24, 2.45) is 0 Å². The Morgan fingerprint density at radius 3 is 3.00 bits per heavy atom. The van der Waals surface area contributed by atoms with Crippen LogP contribution in [0.15, 0.2) is 11.4 Å². The lowest BCUT2D eigenvalue weighted by molar-refractivity contribution is 0.435. The zero-order chi connectivity index (χ0) is 8.39. The van der Waals surface area contributed by atoms with Crippen LogP contribution in [0.4, 0.5) is 0 Å². The molecule has 0 aromatic carbocycles. The van der Waals surface area contributed by atoms with Crippen molar-refractivity contribution in [3.63, 3.8) is 0 Å². The predicted octanol–water partition coefficient (Wildman–Crippen LogP) is 1.29. The van der Waals surface area contributed by atoms with E-state index < -0.39 is 0 Å². The molecule has 1 unspecified atom stereocenters. The van der Waals surface area contributed by atoms with E-state index in [0.29, 0.717) is 6.04 Å². The summed E-state index contributed by atoms with van der Waals surface area (Å²) < 4.78 is 0. The summed E-state index contributed by atoms with van der Waals surface area (Å²) in [7, 11) is 0. The second-order valence-electron chi connectivity index (χ2n) is 3.24. The van der Waals surface area contributed by atoms with E-state index in [4.69, 9.17) is 0 Å². The van der Waals surface area contributed by atoms with E-state index >= 15 is 0 Å². The van der Waals surface area contributed by atoms with Crippen LogP contribution in [0.1, 0.15) is 16.5 Å². The van der Waals surface area contributed by atoms with Crippen molar-refractivity contribution >= 4 is 11.3 Å². The molecule has 0 spiro atoms. The van der Waals surface area contributed by atoms with Crippen LogP contribution in [-0.2, 0) is 0 Å². The second-order valence-corrected chi connectivity index (χ2v) is 4.18. The predicted molar refractivity (Wildman–Crippen MR) is 52.7 cm³/mol. The fourth-order valence-electron chi connectivity index (χ4n) is 1.49. The van der Waals surface area contributed by atoms with Gasteiger partial charge in [0, 0.05) is 24.5 Å². The highest BCUT2D eigenvalue weighted by atomic mass is 32.1. The van der Waals surface area contributed by atoms with Gasteiger partial charge in [0.1, 0.15) is 0 Å². The average molecular weight is 182 g/mol. The average Bonchev–Trinajstić information content (AvgIpc) is 2.54. The molecular formula is C9H14N2S. The monoisotopic (exact) mass is 182 g/mol. The summed E-state index contributed by atoms with van der Waals surface area (Å²) in [4.78, 5) is 1.46. The standard InChI is InChI=1S/C9H14N2S/c1-7-4-9(12-6-7)8-5-10-2-3-11-8/h4,6,8,10-11H,2-3,5H2,1H3. The van der Waals surface area contributed by atoms with E-state index in [1.54, 1.807) is 0 Å². The third-order valence-corrected chi connectivity index (χ3v) is 3.30. The molecule has 0 amide bonds. The molecule has 2 N–H and O–H groups in total. The van der Waals surface area contributed by atoms with Crippen LogP contribution in [0, 0.1) is 6.92 Å². The van der Waals surface area contributed by atoms with Gasteiger partial charge < -0.3 is 10.6 Å².